The molecule has 0 radical (unpaired) electrons. The largest absolute Gasteiger partial charge is 0.471 e. The molecule has 5 nitrogen and oxygen atoms in total. The van der Waals surface area contributed by atoms with Crippen molar-refractivity contribution in [3.8, 4) is 17.1 Å². The van der Waals surface area contributed by atoms with Crippen molar-refractivity contribution in [1.82, 2.24) is 0 Å². The van der Waals surface area contributed by atoms with E-state index in [-0.39, 0.29) is 23.5 Å². The van der Waals surface area contributed by atoms with E-state index >= 15 is 0 Å². The minimum Gasteiger partial charge on any atom is -0.471 e. The molecule has 3 rings (SSSR count). The first-order valence-corrected chi connectivity index (χ1v) is 9.37. The van der Waals surface area contributed by atoms with Gasteiger partial charge in [-0.1, -0.05) is 41.4 Å². The Bertz CT molecular complexity index is 1080. The van der Waals surface area contributed by atoms with Crippen molar-refractivity contribution in [3.63, 3.8) is 0 Å². The highest BCUT2D eigenvalue weighted by Crippen LogP contribution is 2.33. The lowest BCUT2D eigenvalue weighted by Crippen LogP contribution is -2.28. The number of benzene rings is 2. The van der Waals surface area contributed by atoms with E-state index < -0.39 is 17.5 Å². The number of hydrogen-bond acceptors (Lipinski definition) is 5. The maximum atomic E-state index is 13.2. The second-order valence-electron chi connectivity index (χ2n) is 6.57. The van der Waals surface area contributed by atoms with Gasteiger partial charge in [-0.15, -0.1) is 0 Å². The smallest absolute Gasteiger partial charge is 0.347 e. The summed E-state index contributed by atoms with van der Waals surface area (Å²) < 4.78 is 16.8. The van der Waals surface area contributed by atoms with Crippen LogP contribution in [0.2, 0.25) is 5.02 Å². The molecule has 1 atom stereocenters. The summed E-state index contributed by atoms with van der Waals surface area (Å²) in [7, 11) is 0. The van der Waals surface area contributed by atoms with Gasteiger partial charge in [-0.3, -0.25) is 4.79 Å². The first-order chi connectivity index (χ1) is 13.3. The number of carbonyl (C=O) groups excluding carboxylic acids is 1. The fraction of sp³-hybridized carbons (Fsp3) is 0.273. The average Bonchev–Trinajstić information content (AvgIpc) is 2.66. The monoisotopic (exact) mass is 400 g/mol. The number of rotatable bonds is 5. The van der Waals surface area contributed by atoms with Crippen LogP contribution in [0.5, 0.6) is 5.75 Å². The zero-order valence-electron chi connectivity index (χ0n) is 16.2. The van der Waals surface area contributed by atoms with Crippen LogP contribution in [-0.2, 0) is 9.53 Å². The Balaban J connectivity index is 2.23. The minimum absolute atomic E-state index is 0.0446. The molecule has 0 amide bonds. The molecule has 146 valence electrons. The summed E-state index contributed by atoms with van der Waals surface area (Å²) in [5.74, 6) is -0.342. The molecule has 0 saturated heterocycles. The second kappa shape index (κ2) is 8.07. The Labute approximate surface area is 167 Å². The van der Waals surface area contributed by atoms with E-state index in [9.17, 15) is 9.59 Å². The van der Waals surface area contributed by atoms with Gasteiger partial charge >= 0.3 is 5.97 Å². The topological polar surface area (TPSA) is 65.7 Å². The number of carbonyl (C=O) groups is 1. The molecule has 0 fully saturated rings. The van der Waals surface area contributed by atoms with E-state index in [0.29, 0.717) is 16.2 Å². The summed E-state index contributed by atoms with van der Waals surface area (Å²) in [5, 5.41) is 0.741. The summed E-state index contributed by atoms with van der Waals surface area (Å²) in [4.78, 5) is 25.2. The van der Waals surface area contributed by atoms with Crippen LogP contribution in [0.15, 0.2) is 45.6 Å². The van der Waals surface area contributed by atoms with Crippen LogP contribution in [0.25, 0.3) is 22.3 Å². The molecule has 1 heterocycles. The van der Waals surface area contributed by atoms with Gasteiger partial charge < -0.3 is 13.9 Å². The first-order valence-electron chi connectivity index (χ1n) is 8.99. The van der Waals surface area contributed by atoms with Crippen LogP contribution in [-0.4, -0.2) is 18.7 Å². The van der Waals surface area contributed by atoms with Crippen LogP contribution in [0.1, 0.15) is 25.0 Å². The van der Waals surface area contributed by atoms with Gasteiger partial charge in [0.25, 0.3) is 0 Å². The number of aryl methyl sites for hydroxylation is 2. The molecule has 0 aliphatic rings. The standard InChI is InChI=1S/C22H21ClO5/c1-5-26-22(25)14(4)27-21-19(24)16-11-17(23)13(3)10-18(16)28-20(21)15-8-6-12(2)7-9-15/h6-11,14H,5H2,1-4H3. The molecule has 0 bridgehead atoms. The van der Waals surface area contributed by atoms with Gasteiger partial charge in [-0.05, 0) is 45.4 Å². The lowest BCUT2D eigenvalue weighted by molar-refractivity contribution is -0.150. The SMILES string of the molecule is CCOC(=O)C(C)Oc1c(-c2ccc(C)cc2)oc2cc(C)c(Cl)cc2c1=O. The summed E-state index contributed by atoms with van der Waals surface area (Å²) in [6.07, 6.45) is -0.967. The van der Waals surface area contributed by atoms with Gasteiger partial charge in [-0.25, -0.2) is 4.79 Å². The van der Waals surface area contributed by atoms with Gasteiger partial charge in [-0.2, -0.15) is 0 Å². The summed E-state index contributed by atoms with van der Waals surface area (Å²) >= 11 is 6.19. The minimum atomic E-state index is -0.967. The van der Waals surface area contributed by atoms with Gasteiger partial charge in [0.2, 0.25) is 11.2 Å². The Morgan fingerprint density at radius 3 is 2.50 bits per heavy atom. The van der Waals surface area contributed by atoms with Crippen LogP contribution >= 0.6 is 11.6 Å². The molecule has 2 aromatic carbocycles. The van der Waals surface area contributed by atoms with Crippen molar-refractivity contribution >= 4 is 28.5 Å². The molecule has 6 heteroatoms. The summed E-state index contributed by atoms with van der Waals surface area (Å²) in [6, 6.07) is 10.8. The van der Waals surface area contributed by atoms with Crippen LogP contribution in [0, 0.1) is 13.8 Å². The molecule has 1 aromatic heterocycles. The molecule has 1 unspecified atom stereocenters. The Kier molecular flexibility index (Phi) is 5.75. The van der Waals surface area contributed by atoms with Gasteiger partial charge in [0.15, 0.2) is 11.9 Å². The Morgan fingerprint density at radius 2 is 1.86 bits per heavy atom. The third-order valence-corrected chi connectivity index (χ3v) is 4.76. The third kappa shape index (κ3) is 3.90. The Morgan fingerprint density at radius 1 is 1.18 bits per heavy atom. The van der Waals surface area contributed by atoms with E-state index in [0.717, 1.165) is 11.1 Å². The molecule has 0 spiro atoms. The maximum absolute atomic E-state index is 13.2. The Hall–Kier alpha value is -2.79. The average molecular weight is 401 g/mol. The third-order valence-electron chi connectivity index (χ3n) is 4.36. The van der Waals surface area contributed by atoms with E-state index in [1.807, 2.05) is 38.1 Å². The van der Waals surface area contributed by atoms with E-state index in [1.54, 1.807) is 19.1 Å². The number of halogens is 1. The van der Waals surface area contributed by atoms with Crippen molar-refractivity contribution in [1.29, 1.82) is 0 Å². The van der Waals surface area contributed by atoms with E-state index in [2.05, 4.69) is 0 Å². The van der Waals surface area contributed by atoms with Crippen LogP contribution in [0.4, 0.5) is 0 Å². The van der Waals surface area contributed by atoms with Gasteiger partial charge in [0.05, 0.1) is 12.0 Å². The van der Waals surface area contributed by atoms with Crippen molar-refractivity contribution in [2.75, 3.05) is 6.61 Å². The second-order valence-corrected chi connectivity index (χ2v) is 6.97. The van der Waals surface area contributed by atoms with Gasteiger partial charge in [0.1, 0.15) is 5.58 Å². The molecular formula is C22H21ClO5. The number of fused-ring (bicyclic) bond motifs is 1. The van der Waals surface area contributed by atoms with Crippen molar-refractivity contribution < 1.29 is 18.7 Å². The van der Waals surface area contributed by atoms with E-state index in [4.69, 9.17) is 25.5 Å². The van der Waals surface area contributed by atoms with Crippen molar-refractivity contribution in [3.05, 3.63) is 62.8 Å². The van der Waals surface area contributed by atoms with Crippen molar-refractivity contribution in [2.45, 2.75) is 33.8 Å². The molecule has 28 heavy (non-hydrogen) atoms. The number of ether oxygens (including phenoxy) is 2. The fourth-order valence-electron chi connectivity index (χ4n) is 2.79. The normalized spacial score (nSPS) is 12.0. The maximum Gasteiger partial charge on any atom is 0.347 e. The highest BCUT2D eigenvalue weighted by Gasteiger charge is 2.24. The molecule has 0 saturated carbocycles. The highest BCUT2D eigenvalue weighted by atomic mass is 35.5. The lowest BCUT2D eigenvalue weighted by atomic mass is 10.1. The molecule has 3 aromatic rings. The molecular weight excluding hydrogens is 380 g/mol. The zero-order valence-corrected chi connectivity index (χ0v) is 16.9. The van der Waals surface area contributed by atoms with Crippen LogP contribution in [0.3, 0.4) is 0 Å². The quantitative estimate of drug-likeness (QED) is 0.560. The summed E-state index contributed by atoms with van der Waals surface area (Å²) in [5.41, 5.74) is 2.54. The predicted octanol–water partition coefficient (Wildman–Crippen LogP) is 5.06. The first kappa shape index (κ1) is 20.0. The number of hydrogen-bond donors (Lipinski definition) is 0. The van der Waals surface area contributed by atoms with Crippen molar-refractivity contribution in [2.24, 2.45) is 0 Å². The van der Waals surface area contributed by atoms with E-state index in [1.165, 1.54) is 6.92 Å². The fourth-order valence-corrected chi connectivity index (χ4v) is 2.95. The lowest BCUT2D eigenvalue weighted by Gasteiger charge is -2.16. The molecule has 0 aliphatic carbocycles. The molecule has 0 aliphatic heterocycles. The number of esters is 1. The van der Waals surface area contributed by atoms with Crippen LogP contribution < -0.4 is 10.2 Å². The predicted molar refractivity (Wildman–Crippen MR) is 109 cm³/mol. The molecule has 0 N–H and O–H groups in total. The zero-order chi connectivity index (χ0) is 20.4. The highest BCUT2D eigenvalue weighted by molar-refractivity contribution is 6.32. The summed E-state index contributed by atoms with van der Waals surface area (Å²) in [6.45, 7) is 7.25. The van der Waals surface area contributed by atoms with Gasteiger partial charge in [0, 0.05) is 10.6 Å².